The van der Waals surface area contributed by atoms with Crippen LogP contribution in [0, 0.1) is 6.92 Å². The number of nitrogens with two attached hydrogens (primary N) is 1. The van der Waals surface area contributed by atoms with E-state index in [1.165, 1.54) is 0 Å². The number of hydrogen-bond donors (Lipinski definition) is 2. The Morgan fingerprint density at radius 3 is 2.40 bits per heavy atom. The van der Waals surface area contributed by atoms with Crippen molar-refractivity contribution in [2.24, 2.45) is 5.73 Å². The zero-order chi connectivity index (χ0) is 11.6. The molecular formula is C12H17NO2. The number of hydrogen-bond acceptors (Lipinski definition) is 2. The van der Waals surface area contributed by atoms with E-state index in [2.05, 4.69) is 0 Å². The number of phenols is 1. The molecule has 3 N–H and O–H groups in total. The lowest BCUT2D eigenvalue weighted by atomic mass is 9.93. The van der Waals surface area contributed by atoms with E-state index in [0.29, 0.717) is 12.0 Å². The Morgan fingerprint density at radius 1 is 1.40 bits per heavy atom. The van der Waals surface area contributed by atoms with E-state index in [-0.39, 0.29) is 11.3 Å². The van der Waals surface area contributed by atoms with Crippen molar-refractivity contribution in [3.8, 4) is 5.75 Å². The largest absolute Gasteiger partial charge is 0.507 e. The van der Waals surface area contributed by atoms with E-state index in [4.69, 9.17) is 5.73 Å². The Bertz CT molecular complexity index is 397. The molecule has 0 saturated heterocycles. The summed E-state index contributed by atoms with van der Waals surface area (Å²) in [7, 11) is 0. The molecule has 1 amide bonds. The SMILES string of the molecule is CCc1cc(C)c(O)c(C(N)=O)c1CC. The van der Waals surface area contributed by atoms with Gasteiger partial charge >= 0.3 is 0 Å². The van der Waals surface area contributed by atoms with Gasteiger partial charge in [-0.1, -0.05) is 19.9 Å². The summed E-state index contributed by atoms with van der Waals surface area (Å²) in [5, 5.41) is 9.80. The van der Waals surface area contributed by atoms with Crippen LogP contribution in [0.3, 0.4) is 0 Å². The molecule has 0 saturated carbocycles. The molecule has 0 spiro atoms. The van der Waals surface area contributed by atoms with Gasteiger partial charge in [-0.2, -0.15) is 0 Å². The monoisotopic (exact) mass is 207 g/mol. The zero-order valence-corrected chi connectivity index (χ0v) is 9.42. The first kappa shape index (κ1) is 11.6. The molecule has 0 heterocycles. The molecule has 0 fully saturated rings. The van der Waals surface area contributed by atoms with Crippen LogP contribution in [0.25, 0.3) is 0 Å². The fourth-order valence-corrected chi connectivity index (χ4v) is 1.90. The smallest absolute Gasteiger partial charge is 0.252 e. The molecule has 3 heteroatoms. The minimum absolute atomic E-state index is 0.0246. The van der Waals surface area contributed by atoms with Gasteiger partial charge < -0.3 is 10.8 Å². The number of aryl methyl sites for hydroxylation is 2. The number of rotatable bonds is 3. The van der Waals surface area contributed by atoms with Crippen molar-refractivity contribution in [3.05, 3.63) is 28.3 Å². The Kier molecular flexibility index (Phi) is 3.35. The highest BCUT2D eigenvalue weighted by Gasteiger charge is 2.17. The van der Waals surface area contributed by atoms with Crippen LogP contribution in [0.5, 0.6) is 5.75 Å². The van der Waals surface area contributed by atoms with Crippen LogP contribution < -0.4 is 5.73 Å². The summed E-state index contributed by atoms with van der Waals surface area (Å²) < 4.78 is 0. The summed E-state index contributed by atoms with van der Waals surface area (Å²) in [5.74, 6) is -0.528. The first-order chi connectivity index (χ1) is 7.02. The van der Waals surface area contributed by atoms with Crippen molar-refractivity contribution in [2.45, 2.75) is 33.6 Å². The van der Waals surface area contributed by atoms with Crippen molar-refractivity contribution in [1.82, 2.24) is 0 Å². The van der Waals surface area contributed by atoms with E-state index in [1.807, 2.05) is 19.9 Å². The Labute approximate surface area is 89.9 Å². The molecule has 0 aliphatic heterocycles. The second-order valence-electron chi connectivity index (χ2n) is 3.63. The Hall–Kier alpha value is -1.51. The van der Waals surface area contributed by atoms with Gasteiger partial charge in [0.25, 0.3) is 5.91 Å². The standard InChI is InChI=1S/C12H17NO2/c1-4-8-6-7(3)11(14)10(12(13)15)9(8)5-2/h6,14H,4-5H2,1-3H3,(H2,13,15). The summed E-state index contributed by atoms with van der Waals surface area (Å²) in [6, 6.07) is 1.92. The third-order valence-electron chi connectivity index (χ3n) is 2.67. The van der Waals surface area contributed by atoms with Gasteiger partial charge in [-0.3, -0.25) is 4.79 Å². The molecule has 3 nitrogen and oxygen atoms in total. The molecule has 0 aromatic heterocycles. The molecule has 0 aliphatic carbocycles. The molecule has 0 unspecified atom stereocenters. The second-order valence-corrected chi connectivity index (χ2v) is 3.63. The first-order valence-corrected chi connectivity index (χ1v) is 5.17. The maximum Gasteiger partial charge on any atom is 0.252 e. The van der Waals surface area contributed by atoms with Crippen LogP contribution in [0.1, 0.15) is 40.9 Å². The molecule has 1 aromatic rings. The highest BCUT2D eigenvalue weighted by atomic mass is 16.3. The number of primary amides is 1. The van der Waals surface area contributed by atoms with Gasteiger partial charge in [-0.25, -0.2) is 0 Å². The number of carbonyl (C=O) groups excluding carboxylic acids is 1. The summed E-state index contributed by atoms with van der Waals surface area (Å²) in [6.07, 6.45) is 1.54. The van der Waals surface area contributed by atoms with Crippen molar-refractivity contribution in [2.75, 3.05) is 0 Å². The third-order valence-corrected chi connectivity index (χ3v) is 2.67. The minimum atomic E-state index is -0.553. The molecule has 1 rings (SSSR count). The van der Waals surface area contributed by atoms with Crippen LogP contribution in [-0.4, -0.2) is 11.0 Å². The number of amides is 1. The van der Waals surface area contributed by atoms with Gasteiger partial charge in [0, 0.05) is 0 Å². The lowest BCUT2D eigenvalue weighted by Crippen LogP contribution is -2.15. The average Bonchev–Trinajstić information content (AvgIpc) is 2.20. The number of benzene rings is 1. The van der Waals surface area contributed by atoms with Crippen LogP contribution in [0.15, 0.2) is 6.07 Å². The van der Waals surface area contributed by atoms with Crippen LogP contribution in [0.2, 0.25) is 0 Å². The van der Waals surface area contributed by atoms with E-state index in [9.17, 15) is 9.90 Å². The average molecular weight is 207 g/mol. The third kappa shape index (κ3) is 1.96. The molecule has 15 heavy (non-hydrogen) atoms. The van der Waals surface area contributed by atoms with Gasteiger partial charge in [-0.15, -0.1) is 0 Å². The second kappa shape index (κ2) is 4.34. The highest BCUT2D eigenvalue weighted by molar-refractivity contribution is 5.98. The maximum atomic E-state index is 11.3. The molecule has 0 radical (unpaired) electrons. The fourth-order valence-electron chi connectivity index (χ4n) is 1.90. The molecule has 1 aromatic carbocycles. The van der Waals surface area contributed by atoms with E-state index < -0.39 is 5.91 Å². The summed E-state index contributed by atoms with van der Waals surface area (Å²) in [5.41, 5.74) is 8.23. The van der Waals surface area contributed by atoms with Crippen LogP contribution >= 0.6 is 0 Å². The minimum Gasteiger partial charge on any atom is -0.507 e. The molecule has 0 bridgehead atoms. The van der Waals surface area contributed by atoms with E-state index in [1.54, 1.807) is 6.92 Å². The zero-order valence-electron chi connectivity index (χ0n) is 9.42. The van der Waals surface area contributed by atoms with Gasteiger partial charge in [0.2, 0.25) is 0 Å². The molecule has 82 valence electrons. The predicted octanol–water partition coefficient (Wildman–Crippen LogP) is 1.92. The molecule has 0 aliphatic rings. The van der Waals surface area contributed by atoms with Crippen molar-refractivity contribution >= 4 is 5.91 Å². The quantitative estimate of drug-likeness (QED) is 0.795. The molecular weight excluding hydrogens is 190 g/mol. The Morgan fingerprint density at radius 2 is 2.00 bits per heavy atom. The lowest BCUT2D eigenvalue weighted by Gasteiger charge is -2.14. The van der Waals surface area contributed by atoms with Gasteiger partial charge in [0.15, 0.2) is 0 Å². The van der Waals surface area contributed by atoms with Crippen molar-refractivity contribution in [1.29, 1.82) is 0 Å². The Balaban J connectivity index is 3.56. The molecule has 0 atom stereocenters. The predicted molar refractivity (Wildman–Crippen MR) is 60.1 cm³/mol. The number of carbonyl (C=O) groups is 1. The van der Waals surface area contributed by atoms with Crippen LogP contribution in [0.4, 0.5) is 0 Å². The van der Waals surface area contributed by atoms with E-state index in [0.717, 1.165) is 17.5 Å². The van der Waals surface area contributed by atoms with Crippen molar-refractivity contribution in [3.63, 3.8) is 0 Å². The summed E-state index contributed by atoms with van der Waals surface area (Å²) >= 11 is 0. The normalized spacial score (nSPS) is 10.3. The maximum absolute atomic E-state index is 11.3. The van der Waals surface area contributed by atoms with Crippen LogP contribution in [-0.2, 0) is 12.8 Å². The van der Waals surface area contributed by atoms with Gasteiger partial charge in [-0.05, 0) is 36.5 Å². The summed E-state index contributed by atoms with van der Waals surface area (Å²) in [4.78, 5) is 11.3. The van der Waals surface area contributed by atoms with Crippen molar-refractivity contribution < 1.29 is 9.90 Å². The van der Waals surface area contributed by atoms with E-state index >= 15 is 0 Å². The number of aromatic hydroxyl groups is 1. The highest BCUT2D eigenvalue weighted by Crippen LogP contribution is 2.29. The topological polar surface area (TPSA) is 63.3 Å². The first-order valence-electron chi connectivity index (χ1n) is 5.17. The fraction of sp³-hybridized carbons (Fsp3) is 0.417. The van der Waals surface area contributed by atoms with Gasteiger partial charge in [0.1, 0.15) is 5.75 Å². The summed E-state index contributed by atoms with van der Waals surface area (Å²) in [6.45, 7) is 5.76. The van der Waals surface area contributed by atoms with Gasteiger partial charge in [0.05, 0.1) is 5.56 Å². The lowest BCUT2D eigenvalue weighted by molar-refractivity contribution is 0.0996.